The number of carbonyl (C=O) groups excluding carboxylic acids is 1. The van der Waals surface area contributed by atoms with Gasteiger partial charge < -0.3 is 5.32 Å². The van der Waals surface area contributed by atoms with Gasteiger partial charge in [-0.2, -0.15) is 0 Å². The molecule has 0 aromatic heterocycles. The van der Waals surface area contributed by atoms with Crippen molar-refractivity contribution in [3.05, 3.63) is 60.2 Å². The van der Waals surface area contributed by atoms with E-state index in [-0.39, 0.29) is 5.91 Å². The zero-order valence-electron chi connectivity index (χ0n) is 9.86. The summed E-state index contributed by atoms with van der Waals surface area (Å²) >= 11 is 0. The number of rotatable bonds is 3. The van der Waals surface area contributed by atoms with Crippen LogP contribution < -0.4 is 5.32 Å². The Balaban J connectivity index is 2.24. The second kappa shape index (κ2) is 4.83. The third-order valence-electron chi connectivity index (χ3n) is 2.56. The number of hydrogen-bond donors (Lipinski definition) is 1. The maximum absolute atomic E-state index is 11.8. The molecule has 0 aliphatic heterocycles. The molecule has 2 aromatic rings. The zero-order chi connectivity index (χ0) is 12.3. The molecule has 0 radical (unpaired) electrons. The monoisotopic (exact) mass is 225 g/mol. The maximum atomic E-state index is 11.8. The average Bonchev–Trinajstić information content (AvgIpc) is 2.35. The third kappa shape index (κ3) is 2.72. The molecule has 0 fully saturated rings. The largest absolute Gasteiger partial charge is 0.348 e. The van der Waals surface area contributed by atoms with Crippen molar-refractivity contribution in [2.75, 3.05) is 6.54 Å². The van der Waals surface area contributed by atoms with Gasteiger partial charge in [-0.1, -0.05) is 42.5 Å². The van der Waals surface area contributed by atoms with Crippen molar-refractivity contribution < 1.29 is 4.79 Å². The van der Waals surface area contributed by atoms with Gasteiger partial charge in [-0.05, 0) is 29.8 Å². The summed E-state index contributed by atoms with van der Waals surface area (Å²) in [7, 11) is 0. The van der Waals surface area contributed by atoms with Crippen LogP contribution in [0.1, 0.15) is 17.3 Å². The van der Waals surface area contributed by atoms with Crippen molar-refractivity contribution in [3.63, 3.8) is 0 Å². The highest BCUT2D eigenvalue weighted by molar-refractivity contribution is 5.98. The normalized spacial score (nSPS) is 10.2. The van der Waals surface area contributed by atoms with Crippen molar-refractivity contribution in [2.45, 2.75) is 6.92 Å². The summed E-state index contributed by atoms with van der Waals surface area (Å²) in [6, 6.07) is 13.7. The Bertz CT molecular complexity index is 572. The van der Waals surface area contributed by atoms with Crippen LogP contribution in [-0.2, 0) is 0 Å². The van der Waals surface area contributed by atoms with E-state index >= 15 is 0 Å². The van der Waals surface area contributed by atoms with Crippen molar-refractivity contribution in [3.8, 4) is 0 Å². The Kier molecular flexibility index (Phi) is 3.24. The van der Waals surface area contributed by atoms with Gasteiger partial charge in [0.15, 0.2) is 0 Å². The van der Waals surface area contributed by atoms with E-state index in [1.165, 1.54) is 0 Å². The highest BCUT2D eigenvalue weighted by Gasteiger charge is 2.05. The first-order chi connectivity index (χ1) is 8.16. The number of amides is 1. The van der Waals surface area contributed by atoms with Gasteiger partial charge in [-0.15, -0.1) is 0 Å². The summed E-state index contributed by atoms with van der Waals surface area (Å²) in [6.07, 6.45) is 0. The molecule has 1 amide bonds. The minimum atomic E-state index is -0.0567. The Morgan fingerprint density at radius 3 is 2.59 bits per heavy atom. The van der Waals surface area contributed by atoms with E-state index in [4.69, 9.17) is 0 Å². The molecule has 0 aliphatic carbocycles. The van der Waals surface area contributed by atoms with Gasteiger partial charge in [0.1, 0.15) is 0 Å². The topological polar surface area (TPSA) is 29.1 Å². The summed E-state index contributed by atoms with van der Waals surface area (Å²) in [4.78, 5) is 11.8. The van der Waals surface area contributed by atoms with E-state index < -0.39 is 0 Å². The minimum absolute atomic E-state index is 0.0567. The fraction of sp³-hybridized carbons (Fsp3) is 0.133. The lowest BCUT2D eigenvalue weighted by atomic mass is 10.1. The molecule has 0 atom stereocenters. The van der Waals surface area contributed by atoms with Crippen LogP contribution in [-0.4, -0.2) is 12.5 Å². The van der Waals surface area contributed by atoms with Crippen molar-refractivity contribution in [1.29, 1.82) is 0 Å². The van der Waals surface area contributed by atoms with E-state index in [1.54, 1.807) is 0 Å². The summed E-state index contributed by atoms with van der Waals surface area (Å²) in [6.45, 7) is 6.17. The molecule has 2 rings (SSSR count). The Morgan fingerprint density at radius 2 is 1.88 bits per heavy atom. The Hall–Kier alpha value is -2.09. The Labute approximate surface area is 101 Å². The first-order valence-electron chi connectivity index (χ1n) is 5.58. The number of carbonyl (C=O) groups is 1. The van der Waals surface area contributed by atoms with Crippen LogP contribution in [0.15, 0.2) is 54.6 Å². The summed E-state index contributed by atoms with van der Waals surface area (Å²) in [5.41, 5.74) is 1.63. The predicted octanol–water partition coefficient (Wildman–Crippen LogP) is 3.15. The van der Waals surface area contributed by atoms with Crippen molar-refractivity contribution in [1.82, 2.24) is 5.32 Å². The quantitative estimate of drug-likeness (QED) is 0.799. The smallest absolute Gasteiger partial charge is 0.251 e. The van der Waals surface area contributed by atoms with Gasteiger partial charge in [0, 0.05) is 12.1 Å². The molecule has 86 valence electrons. The molecule has 17 heavy (non-hydrogen) atoms. The number of fused-ring (bicyclic) bond motifs is 1. The third-order valence-corrected chi connectivity index (χ3v) is 2.56. The SMILES string of the molecule is C=C(C)CNC(=O)c1ccc2ccccc2c1. The second-order valence-corrected chi connectivity index (χ2v) is 4.20. The fourth-order valence-corrected chi connectivity index (χ4v) is 1.66. The predicted molar refractivity (Wildman–Crippen MR) is 71.1 cm³/mol. The highest BCUT2D eigenvalue weighted by atomic mass is 16.1. The summed E-state index contributed by atoms with van der Waals surface area (Å²) in [5.74, 6) is -0.0567. The summed E-state index contributed by atoms with van der Waals surface area (Å²) < 4.78 is 0. The molecule has 2 heteroatoms. The molecule has 0 bridgehead atoms. The van der Waals surface area contributed by atoms with Gasteiger partial charge in [-0.25, -0.2) is 0 Å². The van der Waals surface area contributed by atoms with E-state index in [0.717, 1.165) is 16.3 Å². The molecule has 0 unspecified atom stereocenters. The first kappa shape index (κ1) is 11.4. The van der Waals surface area contributed by atoms with Crippen LogP contribution >= 0.6 is 0 Å². The van der Waals surface area contributed by atoms with Crippen LogP contribution in [0, 0.1) is 0 Å². The van der Waals surface area contributed by atoms with Gasteiger partial charge in [0.2, 0.25) is 0 Å². The minimum Gasteiger partial charge on any atom is -0.348 e. The number of hydrogen-bond acceptors (Lipinski definition) is 1. The van der Waals surface area contributed by atoms with Gasteiger partial charge in [-0.3, -0.25) is 4.79 Å². The van der Waals surface area contributed by atoms with E-state index in [0.29, 0.717) is 12.1 Å². The van der Waals surface area contributed by atoms with Crippen LogP contribution in [0.25, 0.3) is 10.8 Å². The maximum Gasteiger partial charge on any atom is 0.251 e. The van der Waals surface area contributed by atoms with Gasteiger partial charge >= 0.3 is 0 Å². The second-order valence-electron chi connectivity index (χ2n) is 4.20. The average molecular weight is 225 g/mol. The van der Waals surface area contributed by atoms with Crippen LogP contribution in [0.3, 0.4) is 0 Å². The lowest BCUT2D eigenvalue weighted by Gasteiger charge is -2.05. The molecular weight excluding hydrogens is 210 g/mol. The van der Waals surface area contributed by atoms with Gasteiger partial charge in [0.25, 0.3) is 5.91 Å². The van der Waals surface area contributed by atoms with Crippen molar-refractivity contribution in [2.24, 2.45) is 0 Å². The van der Waals surface area contributed by atoms with E-state index in [1.807, 2.05) is 49.4 Å². The standard InChI is InChI=1S/C15H15NO/c1-11(2)10-16-15(17)14-8-7-12-5-3-4-6-13(12)9-14/h3-9H,1,10H2,2H3,(H,16,17). The Morgan fingerprint density at radius 1 is 1.18 bits per heavy atom. The molecule has 0 aliphatic rings. The molecule has 0 saturated carbocycles. The lowest BCUT2D eigenvalue weighted by Crippen LogP contribution is -2.24. The van der Waals surface area contributed by atoms with E-state index in [2.05, 4.69) is 11.9 Å². The van der Waals surface area contributed by atoms with Crippen LogP contribution in [0.2, 0.25) is 0 Å². The highest BCUT2D eigenvalue weighted by Crippen LogP contribution is 2.15. The fourth-order valence-electron chi connectivity index (χ4n) is 1.66. The van der Waals surface area contributed by atoms with Crippen molar-refractivity contribution >= 4 is 16.7 Å². The molecule has 1 N–H and O–H groups in total. The molecule has 2 aromatic carbocycles. The number of benzene rings is 2. The molecule has 0 spiro atoms. The molecule has 0 saturated heterocycles. The molecular formula is C15H15NO. The van der Waals surface area contributed by atoms with Crippen LogP contribution in [0.4, 0.5) is 0 Å². The van der Waals surface area contributed by atoms with Crippen LogP contribution in [0.5, 0.6) is 0 Å². The lowest BCUT2D eigenvalue weighted by molar-refractivity contribution is 0.0957. The number of nitrogens with one attached hydrogen (secondary N) is 1. The summed E-state index contributed by atoms with van der Waals surface area (Å²) in [5, 5.41) is 5.05. The molecule has 0 heterocycles. The van der Waals surface area contributed by atoms with E-state index in [9.17, 15) is 4.79 Å². The first-order valence-corrected chi connectivity index (χ1v) is 5.58. The zero-order valence-corrected chi connectivity index (χ0v) is 9.86. The molecule has 2 nitrogen and oxygen atoms in total. The van der Waals surface area contributed by atoms with Gasteiger partial charge in [0.05, 0.1) is 0 Å².